The topological polar surface area (TPSA) is 130 Å². The van der Waals surface area contributed by atoms with Gasteiger partial charge < -0.3 is 9.84 Å². The number of carbonyl (C=O) groups is 1. The number of carboxylic acid groups (broad SMARTS) is 1. The summed E-state index contributed by atoms with van der Waals surface area (Å²) in [6.45, 7) is 5.59. The first kappa shape index (κ1) is 25.0. The van der Waals surface area contributed by atoms with E-state index < -0.39 is 32.6 Å². The number of carboxylic acids is 1. The summed E-state index contributed by atoms with van der Waals surface area (Å²) in [5, 5.41) is 8.85. The Balaban J connectivity index is 1.82. The molecule has 0 bridgehead atoms. The summed E-state index contributed by atoms with van der Waals surface area (Å²) >= 11 is 0. The van der Waals surface area contributed by atoms with Crippen LogP contribution in [0, 0.1) is 19.8 Å². The van der Waals surface area contributed by atoms with Crippen molar-refractivity contribution in [3.63, 3.8) is 0 Å². The molecule has 2 N–H and O–H groups in total. The summed E-state index contributed by atoms with van der Waals surface area (Å²) in [7, 11) is -7.68. The van der Waals surface area contributed by atoms with Gasteiger partial charge in [-0.1, -0.05) is 13.0 Å². The molecule has 3 rings (SSSR count). The Bertz CT molecular complexity index is 1240. The molecule has 33 heavy (non-hydrogen) atoms. The van der Waals surface area contributed by atoms with Crippen LogP contribution in [-0.2, 0) is 24.8 Å². The van der Waals surface area contributed by atoms with Gasteiger partial charge in [-0.15, -0.1) is 0 Å². The van der Waals surface area contributed by atoms with Crippen LogP contribution in [-0.4, -0.2) is 51.9 Å². The Morgan fingerprint density at radius 2 is 1.79 bits per heavy atom. The number of anilines is 1. The zero-order valence-electron chi connectivity index (χ0n) is 18.7. The molecule has 180 valence electrons. The second kappa shape index (κ2) is 9.70. The van der Waals surface area contributed by atoms with Crippen LogP contribution in [0.2, 0.25) is 0 Å². The van der Waals surface area contributed by atoms with E-state index in [9.17, 15) is 21.6 Å². The zero-order valence-corrected chi connectivity index (χ0v) is 20.4. The summed E-state index contributed by atoms with van der Waals surface area (Å²) in [4.78, 5) is 10.9. The summed E-state index contributed by atoms with van der Waals surface area (Å²) < 4.78 is 61.0. The van der Waals surface area contributed by atoms with Gasteiger partial charge in [-0.3, -0.25) is 4.72 Å². The number of aryl methyl sites for hydroxylation is 1. The maximum atomic E-state index is 13.0. The van der Waals surface area contributed by atoms with E-state index in [2.05, 4.69) is 4.72 Å². The van der Waals surface area contributed by atoms with E-state index in [4.69, 9.17) is 9.84 Å². The monoisotopic (exact) mass is 496 g/mol. The standard InChI is InChI=1S/C22H28N2O7S2/c1-15-5-4-12-24(13-15)33(29,30)19-9-7-18(8-10-19)23-32(27,28)20-11-6-16(2)22(17(20)3)31-14-21(25)26/h6-11,15,23H,4-5,12-14H2,1-3H3,(H,25,26). The van der Waals surface area contributed by atoms with Gasteiger partial charge in [0.2, 0.25) is 10.0 Å². The van der Waals surface area contributed by atoms with Crippen molar-refractivity contribution in [3.8, 4) is 5.75 Å². The summed E-state index contributed by atoms with van der Waals surface area (Å²) in [6, 6.07) is 8.53. The van der Waals surface area contributed by atoms with Crippen LogP contribution in [0.4, 0.5) is 5.69 Å². The van der Waals surface area contributed by atoms with Gasteiger partial charge in [0.25, 0.3) is 10.0 Å². The van der Waals surface area contributed by atoms with Gasteiger partial charge in [0.15, 0.2) is 6.61 Å². The number of sulfonamides is 2. The fraction of sp³-hybridized carbons (Fsp3) is 0.409. The molecule has 0 radical (unpaired) electrons. The van der Waals surface area contributed by atoms with Crippen molar-refractivity contribution >= 4 is 31.7 Å². The van der Waals surface area contributed by atoms with Crippen LogP contribution in [0.3, 0.4) is 0 Å². The zero-order chi connectivity index (χ0) is 24.4. The number of benzene rings is 2. The quantitative estimate of drug-likeness (QED) is 0.574. The number of nitrogens with one attached hydrogen (secondary N) is 1. The van der Waals surface area contributed by atoms with E-state index in [1.165, 1.54) is 47.6 Å². The molecular weight excluding hydrogens is 468 g/mol. The first-order valence-corrected chi connectivity index (χ1v) is 13.4. The number of rotatable bonds is 8. The van der Waals surface area contributed by atoms with E-state index in [-0.39, 0.29) is 26.8 Å². The van der Waals surface area contributed by atoms with Crippen LogP contribution >= 0.6 is 0 Å². The Morgan fingerprint density at radius 3 is 2.39 bits per heavy atom. The molecule has 1 aliphatic heterocycles. The average molecular weight is 497 g/mol. The first-order chi connectivity index (χ1) is 15.4. The van der Waals surface area contributed by atoms with Gasteiger partial charge in [-0.25, -0.2) is 21.6 Å². The minimum atomic E-state index is -4.04. The van der Waals surface area contributed by atoms with Crippen molar-refractivity contribution in [2.24, 2.45) is 5.92 Å². The van der Waals surface area contributed by atoms with Crippen LogP contribution in [0.5, 0.6) is 5.75 Å². The van der Waals surface area contributed by atoms with E-state index in [0.29, 0.717) is 24.6 Å². The molecule has 0 saturated carbocycles. The Hall–Kier alpha value is -2.63. The van der Waals surface area contributed by atoms with E-state index in [1.807, 2.05) is 6.92 Å². The first-order valence-electron chi connectivity index (χ1n) is 10.5. The van der Waals surface area contributed by atoms with E-state index in [1.54, 1.807) is 6.92 Å². The molecule has 11 heteroatoms. The Morgan fingerprint density at radius 1 is 1.12 bits per heavy atom. The maximum absolute atomic E-state index is 13.0. The van der Waals surface area contributed by atoms with Crippen LogP contribution in [0.25, 0.3) is 0 Å². The van der Waals surface area contributed by atoms with Gasteiger partial charge in [0.05, 0.1) is 9.79 Å². The van der Waals surface area contributed by atoms with Crippen molar-refractivity contribution in [3.05, 3.63) is 47.5 Å². The summed E-state index contributed by atoms with van der Waals surface area (Å²) in [5.74, 6) is -0.687. The van der Waals surface area contributed by atoms with Gasteiger partial charge in [0, 0.05) is 24.3 Å². The molecule has 1 saturated heterocycles. The SMILES string of the molecule is Cc1ccc(S(=O)(=O)Nc2ccc(S(=O)(=O)N3CCCC(C)C3)cc2)c(C)c1OCC(=O)O. The predicted molar refractivity (Wildman–Crippen MR) is 123 cm³/mol. The molecule has 2 aromatic carbocycles. The average Bonchev–Trinajstić information content (AvgIpc) is 2.73. The van der Waals surface area contributed by atoms with Gasteiger partial charge in [0.1, 0.15) is 5.75 Å². The summed E-state index contributed by atoms with van der Waals surface area (Å²) in [6.07, 6.45) is 1.81. The molecule has 1 aliphatic rings. The smallest absolute Gasteiger partial charge is 0.341 e. The van der Waals surface area contributed by atoms with Crippen LogP contribution in [0.15, 0.2) is 46.2 Å². The highest BCUT2D eigenvalue weighted by atomic mass is 32.2. The van der Waals surface area contributed by atoms with Gasteiger partial charge in [-0.2, -0.15) is 4.31 Å². The maximum Gasteiger partial charge on any atom is 0.341 e. The minimum absolute atomic E-state index is 0.0625. The predicted octanol–water partition coefficient (Wildman–Crippen LogP) is 2.99. The van der Waals surface area contributed by atoms with Crippen LogP contribution in [0.1, 0.15) is 30.9 Å². The molecule has 9 nitrogen and oxygen atoms in total. The Labute approximate surface area is 194 Å². The molecule has 0 spiro atoms. The van der Waals surface area contributed by atoms with Gasteiger partial charge in [-0.05, 0) is 68.5 Å². The molecule has 2 aromatic rings. The fourth-order valence-electron chi connectivity index (χ4n) is 3.87. The van der Waals surface area contributed by atoms with Crippen LogP contribution < -0.4 is 9.46 Å². The molecule has 1 fully saturated rings. The molecule has 0 aromatic heterocycles. The lowest BCUT2D eigenvalue weighted by Crippen LogP contribution is -2.39. The lowest BCUT2D eigenvalue weighted by Gasteiger charge is -2.30. The highest BCUT2D eigenvalue weighted by molar-refractivity contribution is 7.92. The number of aliphatic carboxylic acids is 1. The molecule has 1 unspecified atom stereocenters. The highest BCUT2D eigenvalue weighted by Crippen LogP contribution is 2.31. The van der Waals surface area contributed by atoms with Crippen molar-refractivity contribution in [2.45, 2.75) is 43.4 Å². The number of hydrogen-bond acceptors (Lipinski definition) is 6. The molecule has 1 heterocycles. The lowest BCUT2D eigenvalue weighted by atomic mass is 10.0. The minimum Gasteiger partial charge on any atom is -0.481 e. The fourth-order valence-corrected chi connectivity index (χ4v) is 6.77. The second-order valence-corrected chi connectivity index (χ2v) is 11.8. The summed E-state index contributed by atoms with van der Waals surface area (Å²) in [5.41, 5.74) is 1.09. The van der Waals surface area contributed by atoms with E-state index >= 15 is 0 Å². The molecule has 0 aliphatic carbocycles. The number of nitrogens with zero attached hydrogens (tertiary/aromatic N) is 1. The van der Waals surface area contributed by atoms with Crippen molar-refractivity contribution in [1.82, 2.24) is 4.31 Å². The van der Waals surface area contributed by atoms with Crippen molar-refractivity contribution in [1.29, 1.82) is 0 Å². The molecule has 0 amide bonds. The number of piperidine rings is 1. The molecular formula is C22H28N2O7S2. The van der Waals surface area contributed by atoms with Crippen molar-refractivity contribution in [2.75, 3.05) is 24.4 Å². The third-order valence-electron chi connectivity index (χ3n) is 5.55. The highest BCUT2D eigenvalue weighted by Gasteiger charge is 2.29. The number of hydrogen-bond donors (Lipinski definition) is 2. The van der Waals surface area contributed by atoms with Crippen molar-refractivity contribution < 1.29 is 31.5 Å². The third kappa shape index (κ3) is 5.66. The third-order valence-corrected chi connectivity index (χ3v) is 8.95. The van der Waals surface area contributed by atoms with Gasteiger partial charge >= 0.3 is 5.97 Å². The second-order valence-electron chi connectivity index (χ2n) is 8.26. The molecule has 1 atom stereocenters. The van der Waals surface area contributed by atoms with E-state index in [0.717, 1.165) is 12.8 Å². The Kier molecular flexibility index (Phi) is 7.35. The lowest BCUT2D eigenvalue weighted by molar-refractivity contribution is -0.139. The normalized spacial score (nSPS) is 17.5. The largest absolute Gasteiger partial charge is 0.481 e. The number of ether oxygens (including phenoxy) is 1.